The fourth-order valence-corrected chi connectivity index (χ4v) is 6.95. The van der Waals surface area contributed by atoms with E-state index in [0.717, 1.165) is 28.6 Å². The van der Waals surface area contributed by atoms with Crippen LogP contribution >= 0.6 is 0 Å². The number of benzene rings is 1. The van der Waals surface area contributed by atoms with Crippen molar-refractivity contribution in [1.29, 1.82) is 0 Å². The number of imide groups is 1. The number of cyclic esters (lactones) is 1. The average molecular weight is 486 g/mol. The standard InChI is InChI=1S/C27H39NO5Si/c1-6-34(7-2,8-3)17-13-12-16-24(29)20(4)25(30)21(5)26(31)28-23(19-33-27(28)32)18-22-14-10-9-11-15-22/h9-11,14-15,20-21,23-24,29H,6-8,12,16,18-19H2,1-5H3/t20-,21+,23+,24+/m1/s1. The third-order valence-corrected chi connectivity index (χ3v) is 12.1. The number of amides is 2. The van der Waals surface area contributed by atoms with Crippen LogP contribution in [-0.4, -0.2) is 54.6 Å². The first-order valence-electron chi connectivity index (χ1n) is 12.4. The van der Waals surface area contributed by atoms with Gasteiger partial charge in [0.05, 0.1) is 18.1 Å². The van der Waals surface area contributed by atoms with Gasteiger partial charge in [-0.25, -0.2) is 9.69 Å². The van der Waals surface area contributed by atoms with E-state index in [1.165, 1.54) is 6.92 Å². The SMILES string of the molecule is CC[Si](C#CCC[C@H](O)[C@@H](C)C(=O)[C@H](C)C(=O)N1C(=O)OC[C@@H]1Cc1ccccc1)(CC)CC. The summed E-state index contributed by atoms with van der Waals surface area (Å²) in [4.78, 5) is 39.5. The molecule has 6 nitrogen and oxygen atoms in total. The lowest BCUT2D eigenvalue weighted by Crippen LogP contribution is -2.46. The van der Waals surface area contributed by atoms with E-state index >= 15 is 0 Å². The minimum absolute atomic E-state index is 0.106. The molecule has 1 aromatic rings. The molecule has 1 saturated heterocycles. The summed E-state index contributed by atoms with van der Waals surface area (Å²) in [6.45, 7) is 9.84. The lowest BCUT2D eigenvalue weighted by molar-refractivity contribution is -0.141. The summed E-state index contributed by atoms with van der Waals surface area (Å²) in [5.41, 5.74) is 4.47. The Hall–Kier alpha value is -2.43. The number of aliphatic hydroxyl groups excluding tert-OH is 1. The van der Waals surface area contributed by atoms with Gasteiger partial charge in [0, 0.05) is 12.3 Å². The summed E-state index contributed by atoms with van der Waals surface area (Å²) >= 11 is 0. The van der Waals surface area contributed by atoms with Gasteiger partial charge in [0.15, 0.2) is 0 Å². The molecule has 2 amide bonds. The smallest absolute Gasteiger partial charge is 0.417 e. The molecule has 0 bridgehead atoms. The Bertz CT molecular complexity index is 894. The Labute approximate surface area is 205 Å². The summed E-state index contributed by atoms with van der Waals surface area (Å²) in [5, 5.41) is 10.6. The largest absolute Gasteiger partial charge is 0.447 e. The summed E-state index contributed by atoms with van der Waals surface area (Å²) in [6, 6.07) is 12.5. The van der Waals surface area contributed by atoms with Crippen LogP contribution in [0.3, 0.4) is 0 Å². The molecule has 0 aliphatic carbocycles. The van der Waals surface area contributed by atoms with Crippen LogP contribution in [0.2, 0.25) is 18.1 Å². The highest BCUT2D eigenvalue weighted by Gasteiger charge is 2.42. The van der Waals surface area contributed by atoms with Gasteiger partial charge in [-0.05, 0) is 43.5 Å². The Morgan fingerprint density at radius 3 is 2.35 bits per heavy atom. The zero-order valence-electron chi connectivity index (χ0n) is 21.2. The van der Waals surface area contributed by atoms with Crippen molar-refractivity contribution in [3.63, 3.8) is 0 Å². The zero-order chi connectivity index (χ0) is 25.3. The minimum Gasteiger partial charge on any atom is -0.447 e. The number of rotatable bonds is 11. The van der Waals surface area contributed by atoms with Crippen LogP contribution in [-0.2, 0) is 20.7 Å². The minimum atomic E-state index is -1.53. The van der Waals surface area contributed by atoms with Gasteiger partial charge in [-0.1, -0.05) is 58.0 Å². The quantitative estimate of drug-likeness (QED) is 0.281. The van der Waals surface area contributed by atoms with E-state index in [9.17, 15) is 19.5 Å². The van der Waals surface area contributed by atoms with Crippen LogP contribution in [0.1, 0.15) is 53.0 Å². The number of aliphatic hydroxyl groups is 1. The topological polar surface area (TPSA) is 83.9 Å². The number of carbonyl (C=O) groups is 3. The predicted octanol–water partition coefficient (Wildman–Crippen LogP) is 4.61. The molecule has 1 heterocycles. The highest BCUT2D eigenvalue weighted by molar-refractivity contribution is 6.87. The maximum absolute atomic E-state index is 13.1. The summed E-state index contributed by atoms with van der Waals surface area (Å²) in [7, 11) is -1.53. The van der Waals surface area contributed by atoms with Crippen molar-refractivity contribution in [2.24, 2.45) is 11.8 Å². The van der Waals surface area contributed by atoms with Crippen LogP contribution in [0.15, 0.2) is 30.3 Å². The van der Waals surface area contributed by atoms with E-state index < -0.39 is 44.1 Å². The van der Waals surface area contributed by atoms with Crippen LogP contribution in [0.5, 0.6) is 0 Å². The molecule has 1 aliphatic heterocycles. The highest BCUT2D eigenvalue weighted by atomic mass is 28.3. The Morgan fingerprint density at radius 1 is 1.15 bits per heavy atom. The van der Waals surface area contributed by atoms with Crippen LogP contribution in [0.25, 0.3) is 0 Å². The molecule has 0 unspecified atom stereocenters. The van der Waals surface area contributed by atoms with Crippen molar-refractivity contribution >= 4 is 25.9 Å². The summed E-state index contributed by atoms with van der Waals surface area (Å²) in [6.07, 6.45) is -0.236. The fourth-order valence-electron chi connectivity index (χ4n) is 4.42. The maximum atomic E-state index is 13.1. The summed E-state index contributed by atoms with van der Waals surface area (Å²) < 4.78 is 5.12. The first-order valence-corrected chi connectivity index (χ1v) is 15.1. The Morgan fingerprint density at radius 2 is 1.76 bits per heavy atom. The number of hydrogen-bond donors (Lipinski definition) is 1. The van der Waals surface area contributed by atoms with E-state index in [2.05, 4.69) is 32.2 Å². The van der Waals surface area contributed by atoms with Gasteiger partial charge in [-0.15, -0.1) is 11.5 Å². The second-order valence-corrected chi connectivity index (χ2v) is 14.2. The van der Waals surface area contributed by atoms with Crippen molar-refractivity contribution < 1.29 is 24.2 Å². The molecule has 4 atom stereocenters. The lowest BCUT2D eigenvalue weighted by Gasteiger charge is -2.25. The molecule has 1 aromatic carbocycles. The van der Waals surface area contributed by atoms with Gasteiger partial charge in [0.1, 0.15) is 20.5 Å². The first kappa shape index (κ1) is 27.8. The second-order valence-electron chi connectivity index (χ2n) is 9.29. The van der Waals surface area contributed by atoms with Crippen molar-refractivity contribution in [1.82, 2.24) is 4.90 Å². The molecule has 7 heteroatoms. The van der Waals surface area contributed by atoms with Gasteiger partial charge in [0.25, 0.3) is 0 Å². The normalized spacial score (nSPS) is 18.5. The predicted molar refractivity (Wildman–Crippen MR) is 136 cm³/mol. The van der Waals surface area contributed by atoms with E-state index in [-0.39, 0.29) is 12.4 Å². The molecule has 34 heavy (non-hydrogen) atoms. The van der Waals surface area contributed by atoms with Crippen molar-refractivity contribution in [3.8, 4) is 11.5 Å². The Balaban J connectivity index is 1.98. The number of carbonyl (C=O) groups excluding carboxylic acids is 3. The van der Waals surface area contributed by atoms with E-state index in [4.69, 9.17) is 4.74 Å². The third-order valence-electron chi connectivity index (χ3n) is 7.28. The molecule has 1 aliphatic rings. The Kier molecular flexibility index (Phi) is 10.5. The van der Waals surface area contributed by atoms with Gasteiger partial charge in [-0.2, -0.15) is 0 Å². The number of nitrogens with zero attached hydrogens (tertiary/aromatic N) is 1. The number of hydrogen-bond acceptors (Lipinski definition) is 5. The molecule has 0 spiro atoms. The number of Topliss-reactive ketones (excluding diaryl/α,β-unsaturated/α-hetero) is 1. The van der Waals surface area contributed by atoms with Gasteiger partial charge < -0.3 is 9.84 Å². The summed E-state index contributed by atoms with van der Waals surface area (Å²) in [5.74, 6) is 0.529. The molecule has 0 saturated carbocycles. The molecular formula is C27H39NO5Si. The monoisotopic (exact) mass is 485 g/mol. The van der Waals surface area contributed by atoms with Crippen molar-refractivity contribution in [2.75, 3.05) is 6.61 Å². The lowest BCUT2D eigenvalue weighted by atomic mass is 9.88. The maximum Gasteiger partial charge on any atom is 0.417 e. The number of ketones is 1. The molecule has 0 radical (unpaired) electrons. The average Bonchev–Trinajstić information content (AvgIpc) is 3.22. The molecule has 1 fully saturated rings. The van der Waals surface area contributed by atoms with E-state index in [1.807, 2.05) is 30.3 Å². The third kappa shape index (κ3) is 6.80. The molecule has 2 rings (SSSR count). The van der Waals surface area contributed by atoms with Gasteiger partial charge in [0.2, 0.25) is 5.91 Å². The fraction of sp³-hybridized carbons (Fsp3) is 0.593. The van der Waals surface area contributed by atoms with E-state index in [0.29, 0.717) is 19.3 Å². The molecule has 0 aromatic heterocycles. The van der Waals surface area contributed by atoms with Gasteiger partial charge in [-0.3, -0.25) is 9.59 Å². The molecule has 186 valence electrons. The molecule has 1 N–H and O–H groups in total. The van der Waals surface area contributed by atoms with Crippen molar-refractivity contribution in [2.45, 2.75) is 84.2 Å². The zero-order valence-corrected chi connectivity index (χ0v) is 22.2. The second kappa shape index (κ2) is 12.9. The number of ether oxygens (including phenoxy) is 1. The first-order chi connectivity index (χ1) is 16.2. The van der Waals surface area contributed by atoms with E-state index in [1.54, 1.807) is 6.92 Å². The van der Waals surface area contributed by atoms with Crippen molar-refractivity contribution in [3.05, 3.63) is 35.9 Å². The van der Waals surface area contributed by atoms with Crippen LogP contribution in [0.4, 0.5) is 4.79 Å². The van der Waals surface area contributed by atoms with Gasteiger partial charge >= 0.3 is 6.09 Å². The van der Waals surface area contributed by atoms with Crippen LogP contribution in [0, 0.1) is 23.3 Å². The van der Waals surface area contributed by atoms with Crippen LogP contribution < -0.4 is 0 Å². The molecular weight excluding hydrogens is 446 g/mol. The highest BCUT2D eigenvalue weighted by Crippen LogP contribution is 2.23.